The summed E-state index contributed by atoms with van der Waals surface area (Å²) in [5.41, 5.74) is 2.77. The molecule has 1 saturated heterocycles. The molecule has 1 heterocycles. The third kappa shape index (κ3) is 4.55. The van der Waals surface area contributed by atoms with Crippen LogP contribution in [0.4, 0.5) is 0 Å². The minimum absolute atomic E-state index is 0.0211. The average molecular weight is 303 g/mol. The van der Waals surface area contributed by atoms with Gasteiger partial charge in [0.05, 0.1) is 6.04 Å². The number of nitrogens with one attached hydrogen (secondary N) is 1. The van der Waals surface area contributed by atoms with Gasteiger partial charge in [-0.05, 0) is 31.4 Å². The number of hydrogen-bond donors (Lipinski definition) is 1. The third-order valence-corrected chi connectivity index (χ3v) is 4.54. The second kappa shape index (κ2) is 8.30. The first-order valence-corrected chi connectivity index (χ1v) is 8.40. The van der Waals surface area contributed by atoms with E-state index in [2.05, 4.69) is 53.2 Å². The Bertz CT molecular complexity index is 481. The molecule has 1 amide bonds. The van der Waals surface area contributed by atoms with Crippen LogP contribution in [0, 0.1) is 6.92 Å². The number of benzene rings is 1. The maximum atomic E-state index is 12.1. The van der Waals surface area contributed by atoms with Gasteiger partial charge in [-0.2, -0.15) is 0 Å². The summed E-state index contributed by atoms with van der Waals surface area (Å²) < 4.78 is 0. The second-order valence-corrected chi connectivity index (χ2v) is 6.21. The van der Waals surface area contributed by atoms with Crippen molar-refractivity contribution in [1.82, 2.24) is 15.1 Å². The molecule has 122 valence electrons. The monoisotopic (exact) mass is 303 g/mol. The van der Waals surface area contributed by atoms with Crippen molar-refractivity contribution in [2.45, 2.75) is 39.8 Å². The van der Waals surface area contributed by atoms with Crippen LogP contribution in [-0.4, -0.2) is 54.5 Å². The van der Waals surface area contributed by atoms with E-state index in [1.54, 1.807) is 0 Å². The molecule has 1 atom stereocenters. The number of aryl methyl sites for hydroxylation is 1. The zero-order chi connectivity index (χ0) is 15.9. The van der Waals surface area contributed by atoms with Gasteiger partial charge in [0.25, 0.3) is 0 Å². The van der Waals surface area contributed by atoms with E-state index in [1.807, 2.05) is 6.92 Å². The van der Waals surface area contributed by atoms with Crippen LogP contribution in [0.3, 0.4) is 0 Å². The van der Waals surface area contributed by atoms with E-state index in [1.165, 1.54) is 11.1 Å². The first-order chi connectivity index (χ1) is 10.6. The van der Waals surface area contributed by atoms with Crippen molar-refractivity contribution >= 4 is 5.91 Å². The number of carbonyl (C=O) groups excluding carboxylic acids is 1. The minimum Gasteiger partial charge on any atom is -0.355 e. The van der Waals surface area contributed by atoms with Crippen molar-refractivity contribution in [2.75, 3.05) is 32.7 Å². The van der Waals surface area contributed by atoms with E-state index < -0.39 is 0 Å². The number of nitrogens with zero attached hydrogens (tertiary/aromatic N) is 2. The van der Waals surface area contributed by atoms with Crippen LogP contribution < -0.4 is 5.32 Å². The van der Waals surface area contributed by atoms with E-state index in [4.69, 9.17) is 0 Å². The largest absolute Gasteiger partial charge is 0.355 e. The SMILES string of the molecule is CCCNC(=O)C(C)N1CCN(Cc2ccccc2C)CC1. The summed E-state index contributed by atoms with van der Waals surface area (Å²) in [6.07, 6.45) is 0.989. The van der Waals surface area contributed by atoms with Gasteiger partial charge in [-0.15, -0.1) is 0 Å². The fraction of sp³-hybridized carbons (Fsp3) is 0.611. The number of piperazine rings is 1. The Morgan fingerprint density at radius 3 is 2.55 bits per heavy atom. The zero-order valence-corrected chi connectivity index (χ0v) is 14.1. The quantitative estimate of drug-likeness (QED) is 0.873. The molecule has 0 radical (unpaired) electrons. The highest BCUT2D eigenvalue weighted by molar-refractivity contribution is 5.81. The Hall–Kier alpha value is -1.39. The lowest BCUT2D eigenvalue weighted by atomic mass is 10.1. The molecule has 0 bridgehead atoms. The molecule has 1 fully saturated rings. The highest BCUT2D eigenvalue weighted by Gasteiger charge is 2.25. The van der Waals surface area contributed by atoms with E-state index in [-0.39, 0.29) is 11.9 Å². The lowest BCUT2D eigenvalue weighted by Gasteiger charge is -2.37. The van der Waals surface area contributed by atoms with Crippen molar-refractivity contribution in [3.8, 4) is 0 Å². The molecule has 1 aliphatic heterocycles. The van der Waals surface area contributed by atoms with E-state index >= 15 is 0 Å². The molecular weight excluding hydrogens is 274 g/mol. The van der Waals surface area contributed by atoms with Crippen LogP contribution in [0.1, 0.15) is 31.4 Å². The molecular formula is C18H29N3O. The van der Waals surface area contributed by atoms with Crippen molar-refractivity contribution in [2.24, 2.45) is 0 Å². The molecule has 0 saturated carbocycles. The van der Waals surface area contributed by atoms with Gasteiger partial charge < -0.3 is 5.32 Å². The van der Waals surface area contributed by atoms with Crippen LogP contribution in [0.5, 0.6) is 0 Å². The lowest BCUT2D eigenvalue weighted by Crippen LogP contribution is -2.53. The van der Waals surface area contributed by atoms with Crippen molar-refractivity contribution in [3.05, 3.63) is 35.4 Å². The normalized spacial score (nSPS) is 18.1. The molecule has 1 N–H and O–H groups in total. The first kappa shape index (κ1) is 17.0. The van der Waals surface area contributed by atoms with Crippen LogP contribution in [0.15, 0.2) is 24.3 Å². The molecule has 0 aliphatic carbocycles. The average Bonchev–Trinajstić information content (AvgIpc) is 2.55. The first-order valence-electron chi connectivity index (χ1n) is 8.40. The molecule has 1 aromatic rings. The predicted molar refractivity (Wildman–Crippen MR) is 90.8 cm³/mol. The maximum absolute atomic E-state index is 12.1. The van der Waals surface area contributed by atoms with Gasteiger partial charge in [-0.3, -0.25) is 14.6 Å². The molecule has 4 heteroatoms. The predicted octanol–water partition coefficient (Wildman–Crippen LogP) is 2.03. The molecule has 22 heavy (non-hydrogen) atoms. The molecule has 1 unspecified atom stereocenters. The summed E-state index contributed by atoms with van der Waals surface area (Å²) >= 11 is 0. The smallest absolute Gasteiger partial charge is 0.237 e. The van der Waals surface area contributed by atoms with Crippen molar-refractivity contribution < 1.29 is 4.79 Å². The molecule has 4 nitrogen and oxygen atoms in total. The Labute approximate surface area is 134 Å². The summed E-state index contributed by atoms with van der Waals surface area (Å²) in [6, 6.07) is 8.56. The molecule has 0 aromatic heterocycles. The maximum Gasteiger partial charge on any atom is 0.237 e. The van der Waals surface area contributed by atoms with Gasteiger partial charge >= 0.3 is 0 Å². The number of hydrogen-bond acceptors (Lipinski definition) is 3. The standard InChI is InChI=1S/C18H29N3O/c1-4-9-19-18(22)16(3)21-12-10-20(11-13-21)14-17-8-6-5-7-15(17)2/h5-8,16H,4,9-14H2,1-3H3,(H,19,22). The number of amides is 1. The third-order valence-electron chi connectivity index (χ3n) is 4.54. The van der Waals surface area contributed by atoms with E-state index in [9.17, 15) is 4.79 Å². The van der Waals surface area contributed by atoms with Crippen molar-refractivity contribution in [1.29, 1.82) is 0 Å². The van der Waals surface area contributed by atoms with Crippen LogP contribution >= 0.6 is 0 Å². The Morgan fingerprint density at radius 2 is 1.91 bits per heavy atom. The molecule has 0 spiro atoms. The summed E-state index contributed by atoms with van der Waals surface area (Å²) in [5.74, 6) is 0.161. The fourth-order valence-electron chi connectivity index (χ4n) is 2.90. The van der Waals surface area contributed by atoms with E-state index in [0.29, 0.717) is 0 Å². The minimum atomic E-state index is -0.0211. The Balaban J connectivity index is 1.80. The summed E-state index contributed by atoms with van der Waals surface area (Å²) in [5, 5.41) is 2.99. The summed E-state index contributed by atoms with van der Waals surface area (Å²) in [4.78, 5) is 16.8. The molecule has 2 rings (SSSR count). The van der Waals surface area contributed by atoms with Gasteiger partial charge in [0.1, 0.15) is 0 Å². The topological polar surface area (TPSA) is 35.6 Å². The van der Waals surface area contributed by atoms with Crippen LogP contribution in [-0.2, 0) is 11.3 Å². The lowest BCUT2D eigenvalue weighted by molar-refractivity contribution is -0.126. The second-order valence-electron chi connectivity index (χ2n) is 6.21. The Kier molecular flexibility index (Phi) is 6.40. The van der Waals surface area contributed by atoms with Crippen molar-refractivity contribution in [3.63, 3.8) is 0 Å². The summed E-state index contributed by atoms with van der Waals surface area (Å²) in [7, 11) is 0. The molecule has 1 aromatic carbocycles. The van der Waals surface area contributed by atoms with E-state index in [0.717, 1.165) is 45.7 Å². The highest BCUT2D eigenvalue weighted by atomic mass is 16.2. The molecule has 1 aliphatic rings. The van der Waals surface area contributed by atoms with Gasteiger partial charge in [0, 0.05) is 39.3 Å². The van der Waals surface area contributed by atoms with Gasteiger partial charge in [-0.25, -0.2) is 0 Å². The highest BCUT2D eigenvalue weighted by Crippen LogP contribution is 2.13. The van der Waals surface area contributed by atoms with Gasteiger partial charge in [0.2, 0.25) is 5.91 Å². The zero-order valence-electron chi connectivity index (χ0n) is 14.1. The van der Waals surface area contributed by atoms with Gasteiger partial charge in [0.15, 0.2) is 0 Å². The summed E-state index contributed by atoms with van der Waals surface area (Å²) in [6.45, 7) is 12.0. The number of carbonyl (C=O) groups is 1. The van der Waals surface area contributed by atoms with Crippen LogP contribution in [0.25, 0.3) is 0 Å². The Morgan fingerprint density at radius 1 is 1.23 bits per heavy atom. The van der Waals surface area contributed by atoms with Crippen LogP contribution in [0.2, 0.25) is 0 Å². The van der Waals surface area contributed by atoms with Gasteiger partial charge in [-0.1, -0.05) is 31.2 Å². The number of rotatable bonds is 6. The fourth-order valence-corrected chi connectivity index (χ4v) is 2.90.